The summed E-state index contributed by atoms with van der Waals surface area (Å²) in [4.78, 5) is 23.7. The number of aromatic nitrogens is 3. The molecule has 4 rings (SSSR count). The molecule has 0 aliphatic heterocycles. The number of nitrogens with one attached hydrogen (secondary N) is 1. The first kappa shape index (κ1) is 18.5. The third kappa shape index (κ3) is 4.53. The highest BCUT2D eigenvalue weighted by Gasteiger charge is 2.13. The van der Waals surface area contributed by atoms with E-state index in [2.05, 4.69) is 20.3 Å². The minimum absolute atomic E-state index is 0.0363. The van der Waals surface area contributed by atoms with Crippen molar-refractivity contribution in [3.63, 3.8) is 0 Å². The monoisotopic (exact) mass is 405 g/mol. The molecule has 2 aromatic carbocycles. The molecular weight excluding hydrogens is 390 g/mol. The minimum atomic E-state index is -0.413. The second-order valence-electron chi connectivity index (χ2n) is 5.93. The van der Waals surface area contributed by atoms with Gasteiger partial charge in [-0.3, -0.25) is 10.1 Å². The van der Waals surface area contributed by atoms with Crippen LogP contribution in [0.3, 0.4) is 0 Å². The van der Waals surface area contributed by atoms with E-state index in [0.717, 1.165) is 16.4 Å². The van der Waals surface area contributed by atoms with Crippen molar-refractivity contribution < 1.29 is 9.66 Å². The van der Waals surface area contributed by atoms with Crippen molar-refractivity contribution in [2.45, 2.75) is 6.61 Å². The van der Waals surface area contributed by atoms with E-state index in [1.54, 1.807) is 48.8 Å². The van der Waals surface area contributed by atoms with E-state index in [9.17, 15) is 10.1 Å². The van der Waals surface area contributed by atoms with Crippen LogP contribution in [0.25, 0.3) is 10.7 Å². The van der Waals surface area contributed by atoms with E-state index < -0.39 is 4.92 Å². The second kappa shape index (κ2) is 8.44. The highest BCUT2D eigenvalue weighted by molar-refractivity contribution is 7.13. The highest BCUT2D eigenvalue weighted by Crippen LogP contribution is 2.25. The van der Waals surface area contributed by atoms with E-state index in [4.69, 9.17) is 4.74 Å². The molecule has 144 valence electrons. The van der Waals surface area contributed by atoms with Gasteiger partial charge in [-0.25, -0.2) is 15.0 Å². The van der Waals surface area contributed by atoms with Crippen LogP contribution in [-0.2, 0) is 6.61 Å². The van der Waals surface area contributed by atoms with Crippen LogP contribution in [0.5, 0.6) is 5.75 Å². The first-order valence-corrected chi connectivity index (χ1v) is 9.52. The number of hydrogen-bond acceptors (Lipinski definition) is 8. The molecule has 0 fully saturated rings. The number of rotatable bonds is 7. The zero-order chi connectivity index (χ0) is 20.1. The van der Waals surface area contributed by atoms with E-state index in [-0.39, 0.29) is 12.3 Å². The van der Waals surface area contributed by atoms with Gasteiger partial charge in [-0.1, -0.05) is 18.2 Å². The largest absolute Gasteiger partial charge is 0.489 e. The summed E-state index contributed by atoms with van der Waals surface area (Å²) in [6, 6.07) is 15.6. The summed E-state index contributed by atoms with van der Waals surface area (Å²) in [7, 11) is 0. The Bertz CT molecular complexity index is 1130. The number of thiazole rings is 1. The number of para-hydroxylation sites is 1. The van der Waals surface area contributed by atoms with Crippen molar-refractivity contribution in [2.75, 3.05) is 5.32 Å². The standard InChI is InChI=1S/C20H15N5O3S/c26-25(27)18-7-2-1-4-14(18)13-28-16-6-3-5-15(12-16)23-20-22-9-8-17(24-20)19-21-10-11-29-19/h1-12H,13H2,(H,22,23,24). The number of nitrogens with zero attached hydrogens (tertiary/aromatic N) is 4. The zero-order valence-corrected chi connectivity index (χ0v) is 15.9. The SMILES string of the molecule is O=[N+]([O-])c1ccccc1COc1cccc(Nc2nccc(-c3nccs3)n2)c1. The van der Waals surface area contributed by atoms with Gasteiger partial charge in [-0.05, 0) is 24.3 Å². The fraction of sp³-hybridized carbons (Fsp3) is 0.0500. The maximum absolute atomic E-state index is 11.1. The van der Waals surface area contributed by atoms with Gasteiger partial charge in [0, 0.05) is 35.6 Å². The van der Waals surface area contributed by atoms with Gasteiger partial charge in [-0.15, -0.1) is 11.3 Å². The van der Waals surface area contributed by atoms with Gasteiger partial charge < -0.3 is 10.1 Å². The Morgan fingerprint density at radius 2 is 1.97 bits per heavy atom. The number of nitro benzene ring substituents is 1. The third-order valence-electron chi connectivity index (χ3n) is 3.98. The predicted molar refractivity (Wildman–Crippen MR) is 110 cm³/mol. The molecule has 0 amide bonds. The van der Waals surface area contributed by atoms with Gasteiger partial charge in [0.05, 0.1) is 10.5 Å². The quantitative estimate of drug-likeness (QED) is 0.347. The van der Waals surface area contributed by atoms with Gasteiger partial charge in [0.25, 0.3) is 5.69 Å². The summed E-state index contributed by atoms with van der Waals surface area (Å²) >= 11 is 1.50. The van der Waals surface area contributed by atoms with Gasteiger partial charge >= 0.3 is 0 Å². The highest BCUT2D eigenvalue weighted by atomic mass is 32.1. The van der Waals surface area contributed by atoms with Gasteiger partial charge in [0.15, 0.2) is 0 Å². The maximum atomic E-state index is 11.1. The Labute approximate surface area is 170 Å². The number of ether oxygens (including phenoxy) is 1. The molecule has 0 bridgehead atoms. The molecule has 0 radical (unpaired) electrons. The Kier molecular flexibility index (Phi) is 5.39. The molecule has 8 nitrogen and oxygen atoms in total. The van der Waals surface area contributed by atoms with Gasteiger partial charge in [0.1, 0.15) is 23.1 Å². The van der Waals surface area contributed by atoms with E-state index in [0.29, 0.717) is 17.3 Å². The molecule has 29 heavy (non-hydrogen) atoms. The summed E-state index contributed by atoms with van der Waals surface area (Å²) < 4.78 is 5.75. The molecule has 9 heteroatoms. The molecule has 0 atom stereocenters. The smallest absolute Gasteiger partial charge is 0.276 e. The Morgan fingerprint density at radius 3 is 2.79 bits per heavy atom. The average Bonchev–Trinajstić information content (AvgIpc) is 3.28. The van der Waals surface area contributed by atoms with Crippen molar-refractivity contribution in [3.8, 4) is 16.5 Å². The summed E-state index contributed by atoms with van der Waals surface area (Å²) in [5.74, 6) is 1.01. The lowest BCUT2D eigenvalue weighted by molar-refractivity contribution is -0.385. The summed E-state index contributed by atoms with van der Waals surface area (Å²) in [5, 5.41) is 17.0. The molecule has 4 aromatic rings. The molecular formula is C20H15N5O3S. The van der Waals surface area contributed by atoms with Crippen LogP contribution in [0.4, 0.5) is 17.3 Å². The molecule has 0 aliphatic rings. The maximum Gasteiger partial charge on any atom is 0.276 e. The minimum Gasteiger partial charge on any atom is -0.489 e. The topological polar surface area (TPSA) is 103 Å². The van der Waals surface area contributed by atoms with Crippen molar-refractivity contribution in [3.05, 3.63) is 88.0 Å². The molecule has 0 saturated carbocycles. The lowest BCUT2D eigenvalue weighted by Gasteiger charge is -2.10. The van der Waals surface area contributed by atoms with Gasteiger partial charge in [-0.2, -0.15) is 0 Å². The lowest BCUT2D eigenvalue weighted by Crippen LogP contribution is -2.01. The summed E-state index contributed by atoms with van der Waals surface area (Å²) in [6.45, 7) is 0.0939. The van der Waals surface area contributed by atoms with Crippen LogP contribution < -0.4 is 10.1 Å². The van der Waals surface area contributed by atoms with E-state index >= 15 is 0 Å². The fourth-order valence-corrected chi connectivity index (χ4v) is 3.26. The summed E-state index contributed by atoms with van der Waals surface area (Å²) in [5.41, 5.74) is 2.02. The van der Waals surface area contributed by atoms with Crippen LogP contribution in [-0.4, -0.2) is 19.9 Å². The Hall–Kier alpha value is -3.85. The zero-order valence-electron chi connectivity index (χ0n) is 15.1. The van der Waals surface area contributed by atoms with Crippen molar-refractivity contribution in [1.82, 2.24) is 15.0 Å². The van der Waals surface area contributed by atoms with E-state index in [1.165, 1.54) is 17.4 Å². The van der Waals surface area contributed by atoms with Crippen molar-refractivity contribution >= 4 is 28.7 Å². The van der Waals surface area contributed by atoms with Crippen molar-refractivity contribution in [1.29, 1.82) is 0 Å². The number of nitro groups is 1. The van der Waals surface area contributed by atoms with Crippen LogP contribution in [0.2, 0.25) is 0 Å². The first-order chi connectivity index (χ1) is 14.2. The van der Waals surface area contributed by atoms with Gasteiger partial charge in [0.2, 0.25) is 5.95 Å². The van der Waals surface area contributed by atoms with Crippen LogP contribution >= 0.6 is 11.3 Å². The molecule has 0 unspecified atom stereocenters. The molecule has 0 saturated heterocycles. The molecule has 1 N–H and O–H groups in total. The number of benzene rings is 2. The Morgan fingerprint density at radius 1 is 1.07 bits per heavy atom. The molecule has 0 aliphatic carbocycles. The third-order valence-corrected chi connectivity index (χ3v) is 4.78. The fourth-order valence-electron chi connectivity index (χ4n) is 2.65. The normalized spacial score (nSPS) is 10.5. The predicted octanol–water partition coefficient (Wildman–Crippen LogP) is 4.83. The molecule has 0 spiro atoms. The van der Waals surface area contributed by atoms with Crippen LogP contribution in [0, 0.1) is 10.1 Å². The van der Waals surface area contributed by atoms with Crippen LogP contribution in [0.1, 0.15) is 5.56 Å². The number of hydrogen-bond donors (Lipinski definition) is 1. The van der Waals surface area contributed by atoms with Crippen molar-refractivity contribution in [2.24, 2.45) is 0 Å². The lowest BCUT2D eigenvalue weighted by atomic mass is 10.2. The molecule has 2 aromatic heterocycles. The number of anilines is 2. The Balaban J connectivity index is 1.47. The molecule has 2 heterocycles. The second-order valence-corrected chi connectivity index (χ2v) is 6.82. The summed E-state index contributed by atoms with van der Waals surface area (Å²) in [6.07, 6.45) is 3.40. The first-order valence-electron chi connectivity index (χ1n) is 8.64. The van der Waals surface area contributed by atoms with E-state index in [1.807, 2.05) is 17.5 Å². The van der Waals surface area contributed by atoms with Crippen LogP contribution in [0.15, 0.2) is 72.4 Å². The average molecular weight is 405 g/mol.